The lowest BCUT2D eigenvalue weighted by Gasteiger charge is -2.40. The Bertz CT molecular complexity index is 654. The molecule has 1 spiro atoms. The smallest absolute Gasteiger partial charge is 0.221 e. The molecule has 150 valence electrons. The first-order valence-corrected chi connectivity index (χ1v) is 10.1. The zero-order valence-corrected chi connectivity index (χ0v) is 16.6. The van der Waals surface area contributed by atoms with Gasteiger partial charge in [0.2, 0.25) is 5.91 Å². The molecule has 0 aliphatic carbocycles. The number of halogens is 1. The van der Waals surface area contributed by atoms with Crippen LogP contribution < -0.4 is 10.1 Å². The van der Waals surface area contributed by atoms with Crippen LogP contribution in [-0.4, -0.2) is 62.1 Å². The number of carbonyl (C=O) groups excluding carboxylic acids is 1. The monoisotopic (exact) mass is 377 g/mol. The molecule has 2 saturated heterocycles. The molecular formula is C21H32FN3O2. The molecule has 2 fully saturated rings. The van der Waals surface area contributed by atoms with E-state index in [-0.39, 0.29) is 17.1 Å². The molecule has 0 radical (unpaired) electrons. The van der Waals surface area contributed by atoms with E-state index in [1.807, 2.05) is 13.0 Å². The van der Waals surface area contributed by atoms with Gasteiger partial charge in [-0.1, -0.05) is 0 Å². The maximum Gasteiger partial charge on any atom is 0.221 e. The second kappa shape index (κ2) is 9.02. The van der Waals surface area contributed by atoms with Crippen molar-refractivity contribution in [1.29, 1.82) is 0 Å². The summed E-state index contributed by atoms with van der Waals surface area (Å²) in [5, 5.41) is 2.87. The average Bonchev–Trinajstić information content (AvgIpc) is 3.04. The zero-order chi connectivity index (χ0) is 19.3. The quantitative estimate of drug-likeness (QED) is 0.794. The number of likely N-dealkylation sites (tertiary alicyclic amines) is 2. The molecule has 27 heavy (non-hydrogen) atoms. The lowest BCUT2D eigenvalue weighted by molar-refractivity contribution is -0.121. The van der Waals surface area contributed by atoms with E-state index < -0.39 is 0 Å². The molecule has 1 amide bonds. The van der Waals surface area contributed by atoms with Crippen molar-refractivity contribution < 1.29 is 13.9 Å². The average molecular weight is 378 g/mol. The van der Waals surface area contributed by atoms with Crippen molar-refractivity contribution >= 4 is 5.91 Å². The second-order valence-electron chi connectivity index (χ2n) is 8.00. The third-order valence-electron chi connectivity index (χ3n) is 5.93. The van der Waals surface area contributed by atoms with Crippen LogP contribution in [-0.2, 0) is 11.3 Å². The van der Waals surface area contributed by atoms with Crippen molar-refractivity contribution in [1.82, 2.24) is 15.1 Å². The first kappa shape index (κ1) is 20.1. The van der Waals surface area contributed by atoms with Gasteiger partial charge in [0.15, 0.2) is 0 Å². The lowest BCUT2D eigenvalue weighted by atomic mass is 9.79. The summed E-state index contributed by atoms with van der Waals surface area (Å²) in [7, 11) is 1.61. The van der Waals surface area contributed by atoms with Crippen LogP contribution >= 0.6 is 0 Å². The van der Waals surface area contributed by atoms with Crippen LogP contribution in [0.2, 0.25) is 0 Å². The SMILES string of the molecule is CCNC(=O)CCN1CC[C@]2(CCCN(Cc3cc(OC)ccc3F)C2)C1. The van der Waals surface area contributed by atoms with Crippen molar-refractivity contribution in [3.8, 4) is 5.75 Å². The van der Waals surface area contributed by atoms with Crippen LogP contribution in [0.4, 0.5) is 4.39 Å². The number of nitrogens with zero attached hydrogens (tertiary/aromatic N) is 2. The van der Waals surface area contributed by atoms with E-state index in [1.54, 1.807) is 13.2 Å². The standard InChI is InChI=1S/C21H32FN3O2/c1-3-23-20(26)7-11-24-12-9-21(15-24)8-4-10-25(16-21)14-17-13-18(27-2)5-6-19(17)22/h5-6,13H,3-4,7-12,14-16H2,1-2H3,(H,23,26)/t21-/m1/s1. The van der Waals surface area contributed by atoms with Crippen LogP contribution in [0.25, 0.3) is 0 Å². The number of hydrogen-bond acceptors (Lipinski definition) is 4. The third kappa shape index (κ3) is 5.20. The molecule has 6 heteroatoms. The minimum atomic E-state index is -0.162. The number of carbonyl (C=O) groups is 1. The van der Waals surface area contributed by atoms with E-state index in [1.165, 1.54) is 18.9 Å². The highest BCUT2D eigenvalue weighted by Crippen LogP contribution is 2.39. The largest absolute Gasteiger partial charge is 0.497 e. The molecule has 0 saturated carbocycles. The summed E-state index contributed by atoms with van der Waals surface area (Å²) in [6, 6.07) is 4.97. The van der Waals surface area contributed by atoms with Crippen molar-refractivity contribution in [3.63, 3.8) is 0 Å². The number of nitrogens with one attached hydrogen (secondary N) is 1. The van der Waals surface area contributed by atoms with Gasteiger partial charge in [-0.2, -0.15) is 0 Å². The number of methoxy groups -OCH3 is 1. The number of ether oxygens (including phenoxy) is 1. The van der Waals surface area contributed by atoms with Gasteiger partial charge in [0, 0.05) is 44.7 Å². The topological polar surface area (TPSA) is 44.8 Å². The Labute approximate surface area is 161 Å². The fourth-order valence-electron chi connectivity index (χ4n) is 4.58. The van der Waals surface area contributed by atoms with Crippen LogP contribution in [0.15, 0.2) is 18.2 Å². The summed E-state index contributed by atoms with van der Waals surface area (Å²) in [6.07, 6.45) is 4.11. The number of piperidine rings is 1. The second-order valence-corrected chi connectivity index (χ2v) is 8.00. The van der Waals surface area contributed by atoms with Crippen molar-refractivity contribution in [2.75, 3.05) is 46.4 Å². The zero-order valence-electron chi connectivity index (χ0n) is 16.6. The predicted octanol–water partition coefficient (Wildman–Crippen LogP) is 2.65. The van der Waals surface area contributed by atoms with Crippen LogP contribution in [0.3, 0.4) is 0 Å². The van der Waals surface area contributed by atoms with E-state index >= 15 is 0 Å². The van der Waals surface area contributed by atoms with Crippen molar-refractivity contribution in [2.45, 2.75) is 39.2 Å². The number of rotatable bonds is 7. The molecule has 2 aliphatic rings. The molecule has 2 heterocycles. The van der Waals surface area contributed by atoms with E-state index in [0.717, 1.165) is 39.1 Å². The fourth-order valence-corrected chi connectivity index (χ4v) is 4.58. The normalized spacial score (nSPS) is 23.7. The van der Waals surface area contributed by atoms with Crippen LogP contribution in [0.5, 0.6) is 5.75 Å². The van der Waals surface area contributed by atoms with E-state index in [0.29, 0.717) is 30.8 Å². The maximum absolute atomic E-state index is 14.2. The van der Waals surface area contributed by atoms with Gasteiger partial charge in [-0.15, -0.1) is 0 Å². The molecule has 3 rings (SSSR count). The van der Waals surface area contributed by atoms with Gasteiger partial charge in [0.25, 0.3) is 0 Å². The number of hydrogen-bond donors (Lipinski definition) is 1. The van der Waals surface area contributed by atoms with Gasteiger partial charge >= 0.3 is 0 Å². The Balaban J connectivity index is 1.56. The predicted molar refractivity (Wildman–Crippen MR) is 104 cm³/mol. The Morgan fingerprint density at radius 3 is 2.85 bits per heavy atom. The summed E-state index contributed by atoms with van der Waals surface area (Å²) in [6.45, 7) is 8.22. The fraction of sp³-hybridized carbons (Fsp3) is 0.667. The Morgan fingerprint density at radius 2 is 2.07 bits per heavy atom. The summed E-state index contributed by atoms with van der Waals surface area (Å²) in [5.41, 5.74) is 0.993. The molecule has 1 N–H and O–H groups in total. The van der Waals surface area contributed by atoms with Gasteiger partial charge in [-0.25, -0.2) is 4.39 Å². The molecule has 0 unspecified atom stereocenters. The van der Waals surface area contributed by atoms with Gasteiger partial charge < -0.3 is 15.0 Å². The van der Waals surface area contributed by atoms with E-state index in [2.05, 4.69) is 15.1 Å². The molecule has 0 bridgehead atoms. The van der Waals surface area contributed by atoms with Crippen LogP contribution in [0.1, 0.15) is 38.2 Å². The van der Waals surface area contributed by atoms with Gasteiger partial charge in [0.1, 0.15) is 11.6 Å². The van der Waals surface area contributed by atoms with Crippen LogP contribution in [0, 0.1) is 11.2 Å². The van der Waals surface area contributed by atoms with E-state index in [9.17, 15) is 9.18 Å². The van der Waals surface area contributed by atoms with Gasteiger partial charge in [-0.05, 0) is 62.9 Å². The maximum atomic E-state index is 14.2. The molecule has 1 atom stereocenters. The number of benzene rings is 1. The Kier molecular flexibility index (Phi) is 6.71. The van der Waals surface area contributed by atoms with Crippen molar-refractivity contribution in [2.24, 2.45) is 5.41 Å². The molecule has 1 aromatic rings. The highest BCUT2D eigenvalue weighted by atomic mass is 19.1. The molecule has 1 aromatic carbocycles. The third-order valence-corrected chi connectivity index (χ3v) is 5.93. The summed E-state index contributed by atoms with van der Waals surface area (Å²) < 4.78 is 19.4. The molecule has 0 aromatic heterocycles. The first-order valence-electron chi connectivity index (χ1n) is 10.1. The van der Waals surface area contributed by atoms with E-state index in [4.69, 9.17) is 4.74 Å². The molecular weight excluding hydrogens is 345 g/mol. The first-order chi connectivity index (χ1) is 13.0. The van der Waals surface area contributed by atoms with Gasteiger partial charge in [0.05, 0.1) is 7.11 Å². The highest BCUT2D eigenvalue weighted by Gasteiger charge is 2.41. The minimum Gasteiger partial charge on any atom is -0.497 e. The molecule has 5 nitrogen and oxygen atoms in total. The lowest BCUT2D eigenvalue weighted by Crippen LogP contribution is -2.44. The molecule has 2 aliphatic heterocycles. The highest BCUT2D eigenvalue weighted by molar-refractivity contribution is 5.75. The Hall–Kier alpha value is -1.66. The minimum absolute atomic E-state index is 0.136. The van der Waals surface area contributed by atoms with Gasteiger partial charge in [-0.3, -0.25) is 9.69 Å². The summed E-state index contributed by atoms with van der Waals surface area (Å²) >= 11 is 0. The summed E-state index contributed by atoms with van der Waals surface area (Å²) in [5.74, 6) is 0.679. The Morgan fingerprint density at radius 1 is 1.26 bits per heavy atom. The summed E-state index contributed by atoms with van der Waals surface area (Å²) in [4.78, 5) is 16.5. The number of amides is 1. The van der Waals surface area contributed by atoms with Crippen molar-refractivity contribution in [3.05, 3.63) is 29.6 Å².